The lowest BCUT2D eigenvalue weighted by atomic mass is 10.0. The van der Waals surface area contributed by atoms with Crippen molar-refractivity contribution in [3.05, 3.63) is 84.6 Å². The van der Waals surface area contributed by atoms with E-state index in [2.05, 4.69) is 4.98 Å². The molecular weight excluding hydrogens is 286 g/mol. The van der Waals surface area contributed by atoms with Crippen molar-refractivity contribution in [2.75, 3.05) is 0 Å². The Balaban J connectivity index is 1.89. The lowest BCUT2D eigenvalue weighted by Crippen LogP contribution is -2.11. The third-order valence-corrected chi connectivity index (χ3v) is 3.76. The van der Waals surface area contributed by atoms with Crippen LogP contribution in [-0.4, -0.2) is 11.0 Å². The Hall–Kier alpha value is -3.20. The molecule has 0 aliphatic rings. The molecule has 0 saturated heterocycles. The molecule has 23 heavy (non-hydrogen) atoms. The van der Waals surface area contributed by atoms with Gasteiger partial charge in [-0.1, -0.05) is 60.7 Å². The van der Waals surface area contributed by atoms with E-state index in [4.69, 9.17) is 4.74 Å². The van der Waals surface area contributed by atoms with Crippen LogP contribution in [0.3, 0.4) is 0 Å². The van der Waals surface area contributed by atoms with Crippen LogP contribution in [0.1, 0.15) is 10.5 Å². The highest BCUT2D eigenvalue weighted by molar-refractivity contribution is 6.13. The summed E-state index contributed by atoms with van der Waals surface area (Å²) in [6.45, 7) is 0. The number of carbonyl (C=O) groups excluding carboxylic acids is 1. The number of rotatable bonds is 2. The van der Waals surface area contributed by atoms with Crippen LogP contribution >= 0.6 is 0 Å². The molecule has 0 bridgehead atoms. The van der Waals surface area contributed by atoms with Crippen LogP contribution in [0.4, 0.5) is 0 Å². The van der Waals surface area contributed by atoms with Crippen LogP contribution < -0.4 is 4.74 Å². The van der Waals surface area contributed by atoms with Crippen LogP contribution in [0.25, 0.3) is 21.7 Å². The Morgan fingerprint density at radius 3 is 2.09 bits per heavy atom. The summed E-state index contributed by atoms with van der Waals surface area (Å²) in [4.78, 5) is 17.1. The maximum absolute atomic E-state index is 12.6. The Labute approximate surface area is 133 Å². The molecule has 0 radical (unpaired) electrons. The van der Waals surface area contributed by atoms with Crippen molar-refractivity contribution in [3.8, 4) is 5.75 Å². The molecule has 4 aromatic rings. The van der Waals surface area contributed by atoms with Gasteiger partial charge in [-0.05, 0) is 23.6 Å². The minimum Gasteiger partial charge on any atom is -0.422 e. The number of para-hydroxylation sites is 2. The zero-order valence-electron chi connectivity index (χ0n) is 12.3. The SMILES string of the molecule is O=C(Oc1ccccc1)c1nc2ccccc2c2ccccc12. The van der Waals surface area contributed by atoms with Crippen molar-refractivity contribution in [2.45, 2.75) is 0 Å². The van der Waals surface area contributed by atoms with Crippen molar-refractivity contribution >= 4 is 27.6 Å². The predicted molar refractivity (Wildman–Crippen MR) is 90.6 cm³/mol. The van der Waals surface area contributed by atoms with E-state index in [1.807, 2.05) is 66.7 Å². The second-order valence-electron chi connectivity index (χ2n) is 5.23. The minimum atomic E-state index is -0.446. The molecule has 0 aliphatic carbocycles. The maximum Gasteiger partial charge on any atom is 0.362 e. The zero-order chi connectivity index (χ0) is 15.6. The molecule has 3 nitrogen and oxygen atoms in total. The molecule has 3 heteroatoms. The smallest absolute Gasteiger partial charge is 0.362 e. The van der Waals surface area contributed by atoms with E-state index in [0.717, 1.165) is 21.7 Å². The highest BCUT2D eigenvalue weighted by atomic mass is 16.5. The van der Waals surface area contributed by atoms with Gasteiger partial charge in [0, 0.05) is 10.8 Å². The van der Waals surface area contributed by atoms with Crippen LogP contribution in [0.15, 0.2) is 78.9 Å². The first-order chi connectivity index (χ1) is 11.3. The topological polar surface area (TPSA) is 39.2 Å². The first-order valence-electron chi connectivity index (χ1n) is 7.37. The zero-order valence-corrected chi connectivity index (χ0v) is 12.3. The molecule has 0 saturated carbocycles. The van der Waals surface area contributed by atoms with Gasteiger partial charge in [0.2, 0.25) is 0 Å². The number of carbonyl (C=O) groups is 1. The summed E-state index contributed by atoms with van der Waals surface area (Å²) >= 11 is 0. The third-order valence-electron chi connectivity index (χ3n) is 3.76. The van der Waals surface area contributed by atoms with Gasteiger partial charge in [-0.2, -0.15) is 0 Å². The number of pyridine rings is 1. The summed E-state index contributed by atoms with van der Waals surface area (Å²) in [5.41, 5.74) is 1.12. The molecule has 0 unspecified atom stereocenters. The maximum atomic E-state index is 12.6. The number of aromatic nitrogens is 1. The molecule has 4 rings (SSSR count). The van der Waals surface area contributed by atoms with E-state index in [-0.39, 0.29) is 0 Å². The van der Waals surface area contributed by atoms with Crippen LogP contribution in [0.5, 0.6) is 5.75 Å². The standard InChI is InChI=1S/C20H13NO2/c22-20(23-14-8-2-1-3-9-14)19-17-12-5-4-10-15(17)16-11-6-7-13-18(16)21-19/h1-13H. The molecule has 0 atom stereocenters. The quantitative estimate of drug-likeness (QED) is 0.308. The van der Waals surface area contributed by atoms with Gasteiger partial charge < -0.3 is 4.74 Å². The van der Waals surface area contributed by atoms with Gasteiger partial charge >= 0.3 is 5.97 Å². The van der Waals surface area contributed by atoms with Gasteiger partial charge in [0.1, 0.15) is 5.75 Å². The molecule has 110 valence electrons. The first kappa shape index (κ1) is 13.5. The number of hydrogen-bond acceptors (Lipinski definition) is 3. The number of nitrogens with zero attached hydrogens (tertiary/aromatic N) is 1. The number of hydrogen-bond donors (Lipinski definition) is 0. The second-order valence-corrected chi connectivity index (χ2v) is 5.23. The summed E-state index contributed by atoms with van der Waals surface area (Å²) in [5.74, 6) is 0.0645. The summed E-state index contributed by atoms with van der Waals surface area (Å²) in [6, 6.07) is 24.6. The van der Waals surface area contributed by atoms with Gasteiger partial charge in [-0.3, -0.25) is 0 Å². The molecule has 3 aromatic carbocycles. The molecular formula is C20H13NO2. The molecule has 0 spiro atoms. The first-order valence-corrected chi connectivity index (χ1v) is 7.37. The molecule has 1 aromatic heterocycles. The van der Waals surface area contributed by atoms with E-state index in [9.17, 15) is 4.79 Å². The van der Waals surface area contributed by atoms with Crippen LogP contribution in [0.2, 0.25) is 0 Å². The highest BCUT2D eigenvalue weighted by Crippen LogP contribution is 2.27. The molecule has 1 heterocycles. The molecule has 0 amide bonds. The van der Waals surface area contributed by atoms with Gasteiger partial charge in [0.05, 0.1) is 5.52 Å². The van der Waals surface area contributed by atoms with Crippen molar-refractivity contribution in [3.63, 3.8) is 0 Å². The summed E-state index contributed by atoms with van der Waals surface area (Å²) in [5, 5.41) is 2.82. The van der Waals surface area contributed by atoms with Gasteiger partial charge in [0.25, 0.3) is 0 Å². The Morgan fingerprint density at radius 2 is 1.30 bits per heavy atom. The average Bonchev–Trinajstić information content (AvgIpc) is 2.62. The van der Waals surface area contributed by atoms with E-state index < -0.39 is 5.97 Å². The Kier molecular flexibility index (Phi) is 3.24. The predicted octanol–water partition coefficient (Wildman–Crippen LogP) is 4.61. The fraction of sp³-hybridized carbons (Fsp3) is 0. The van der Waals surface area contributed by atoms with Crippen molar-refractivity contribution in [1.82, 2.24) is 4.98 Å². The number of esters is 1. The number of fused-ring (bicyclic) bond motifs is 3. The summed E-state index contributed by atoms with van der Waals surface area (Å²) in [7, 11) is 0. The van der Waals surface area contributed by atoms with Crippen LogP contribution in [0, 0.1) is 0 Å². The third kappa shape index (κ3) is 2.42. The van der Waals surface area contributed by atoms with Gasteiger partial charge in [-0.15, -0.1) is 0 Å². The molecule has 0 fully saturated rings. The highest BCUT2D eigenvalue weighted by Gasteiger charge is 2.16. The summed E-state index contributed by atoms with van der Waals surface area (Å²) < 4.78 is 5.46. The number of ether oxygens (including phenoxy) is 1. The largest absolute Gasteiger partial charge is 0.422 e. The lowest BCUT2D eigenvalue weighted by Gasteiger charge is -2.09. The Morgan fingerprint density at radius 1 is 0.696 bits per heavy atom. The fourth-order valence-corrected chi connectivity index (χ4v) is 2.70. The van der Waals surface area contributed by atoms with Gasteiger partial charge in [-0.25, -0.2) is 9.78 Å². The second kappa shape index (κ2) is 5.54. The van der Waals surface area contributed by atoms with Crippen molar-refractivity contribution in [2.24, 2.45) is 0 Å². The van der Waals surface area contributed by atoms with E-state index in [0.29, 0.717) is 11.4 Å². The van der Waals surface area contributed by atoms with E-state index >= 15 is 0 Å². The molecule has 0 aliphatic heterocycles. The number of benzene rings is 3. The van der Waals surface area contributed by atoms with E-state index in [1.54, 1.807) is 12.1 Å². The van der Waals surface area contributed by atoms with Crippen LogP contribution in [-0.2, 0) is 0 Å². The van der Waals surface area contributed by atoms with E-state index in [1.165, 1.54) is 0 Å². The monoisotopic (exact) mass is 299 g/mol. The van der Waals surface area contributed by atoms with Crippen molar-refractivity contribution in [1.29, 1.82) is 0 Å². The molecule has 0 N–H and O–H groups in total. The fourth-order valence-electron chi connectivity index (χ4n) is 2.70. The minimum absolute atomic E-state index is 0.336. The van der Waals surface area contributed by atoms with Crippen molar-refractivity contribution < 1.29 is 9.53 Å². The summed E-state index contributed by atoms with van der Waals surface area (Å²) in [6.07, 6.45) is 0. The Bertz CT molecular complexity index is 1010. The average molecular weight is 299 g/mol. The van der Waals surface area contributed by atoms with Gasteiger partial charge in [0.15, 0.2) is 5.69 Å². The lowest BCUT2D eigenvalue weighted by molar-refractivity contribution is 0.0731. The normalized spacial score (nSPS) is 10.8.